The van der Waals surface area contributed by atoms with Crippen LogP contribution >= 0.6 is 11.8 Å². The molecule has 5 heteroatoms. The van der Waals surface area contributed by atoms with Gasteiger partial charge in [-0.1, -0.05) is 12.2 Å². The van der Waals surface area contributed by atoms with Crippen LogP contribution in [0.5, 0.6) is 0 Å². The fraction of sp³-hybridized carbons (Fsp3) is 0.667. The average molecular weight is 256 g/mol. The molecule has 1 saturated heterocycles. The van der Waals surface area contributed by atoms with E-state index < -0.39 is 24.0 Å². The van der Waals surface area contributed by atoms with Crippen molar-refractivity contribution >= 4 is 23.7 Å². The molecule has 0 saturated carbocycles. The highest BCUT2D eigenvalue weighted by Gasteiger charge is 2.46. The van der Waals surface area contributed by atoms with Gasteiger partial charge in [0.05, 0.1) is 0 Å². The molecule has 0 spiro atoms. The van der Waals surface area contributed by atoms with E-state index in [-0.39, 0.29) is 5.92 Å². The van der Waals surface area contributed by atoms with E-state index in [4.69, 9.17) is 9.84 Å². The fourth-order valence-electron chi connectivity index (χ4n) is 2.48. The van der Waals surface area contributed by atoms with Crippen LogP contribution in [0.1, 0.15) is 26.7 Å². The molecule has 2 heterocycles. The summed E-state index contributed by atoms with van der Waals surface area (Å²) in [6.07, 6.45) is 4.80. The minimum Gasteiger partial charge on any atom is -0.481 e. The highest BCUT2D eigenvalue weighted by atomic mass is 32.2. The first-order chi connectivity index (χ1) is 7.88. The molecule has 4 nitrogen and oxygen atoms in total. The number of carboxylic acids is 1. The number of rotatable bonds is 4. The number of esters is 1. The standard InChI is InChI=1S/C12H16O4S/c1-12(2,16-11(15)6-10(13)14)8-5-7-3-4-9(8)17-7/h3-4,7-9H,5-6H2,1-2H3,(H,13,14). The van der Waals surface area contributed by atoms with Gasteiger partial charge in [0.2, 0.25) is 0 Å². The zero-order valence-corrected chi connectivity index (χ0v) is 10.7. The molecule has 2 bridgehead atoms. The van der Waals surface area contributed by atoms with Gasteiger partial charge in [-0.15, -0.1) is 11.8 Å². The van der Waals surface area contributed by atoms with E-state index in [1.54, 1.807) is 0 Å². The van der Waals surface area contributed by atoms with Gasteiger partial charge in [0.1, 0.15) is 12.0 Å². The van der Waals surface area contributed by atoms with Crippen LogP contribution in [0.25, 0.3) is 0 Å². The topological polar surface area (TPSA) is 63.6 Å². The van der Waals surface area contributed by atoms with Crippen LogP contribution in [-0.2, 0) is 14.3 Å². The molecular formula is C12H16O4S. The molecule has 0 amide bonds. The van der Waals surface area contributed by atoms with Crippen LogP contribution in [0.2, 0.25) is 0 Å². The summed E-state index contributed by atoms with van der Waals surface area (Å²) in [6.45, 7) is 3.74. The highest BCUT2D eigenvalue weighted by Crippen LogP contribution is 2.49. The zero-order valence-electron chi connectivity index (χ0n) is 9.88. The molecule has 0 aromatic carbocycles. The van der Waals surface area contributed by atoms with Crippen molar-refractivity contribution < 1.29 is 19.4 Å². The summed E-state index contributed by atoms with van der Waals surface area (Å²) < 4.78 is 5.32. The Bertz CT molecular complexity index is 375. The van der Waals surface area contributed by atoms with Crippen LogP contribution in [0, 0.1) is 5.92 Å². The van der Waals surface area contributed by atoms with Crippen LogP contribution in [0.15, 0.2) is 12.2 Å². The number of ether oxygens (including phenoxy) is 1. The van der Waals surface area contributed by atoms with Crippen molar-refractivity contribution in [2.75, 3.05) is 0 Å². The minimum absolute atomic E-state index is 0.278. The number of carbonyl (C=O) groups is 2. The van der Waals surface area contributed by atoms with Gasteiger partial charge >= 0.3 is 11.9 Å². The van der Waals surface area contributed by atoms with Crippen molar-refractivity contribution in [3.05, 3.63) is 12.2 Å². The number of thioether (sulfide) groups is 1. The Balaban J connectivity index is 1.97. The van der Waals surface area contributed by atoms with E-state index in [9.17, 15) is 9.59 Å². The fourth-order valence-corrected chi connectivity index (χ4v) is 4.20. The predicted molar refractivity (Wildman–Crippen MR) is 64.8 cm³/mol. The van der Waals surface area contributed by atoms with E-state index in [2.05, 4.69) is 12.2 Å². The van der Waals surface area contributed by atoms with Gasteiger partial charge in [0.25, 0.3) is 0 Å². The molecule has 0 aromatic heterocycles. The lowest BCUT2D eigenvalue weighted by Gasteiger charge is -2.34. The predicted octanol–water partition coefficient (Wildman–Crippen LogP) is 1.84. The third-order valence-corrected chi connectivity index (χ3v) is 4.79. The Hall–Kier alpha value is -0.970. The quantitative estimate of drug-likeness (QED) is 0.472. The monoisotopic (exact) mass is 256 g/mol. The lowest BCUT2D eigenvalue weighted by molar-refractivity contribution is -0.165. The maximum atomic E-state index is 11.4. The molecule has 3 atom stereocenters. The van der Waals surface area contributed by atoms with Crippen LogP contribution in [0.4, 0.5) is 0 Å². The Morgan fingerprint density at radius 3 is 2.65 bits per heavy atom. The van der Waals surface area contributed by atoms with Gasteiger partial charge in [-0.25, -0.2) is 0 Å². The van der Waals surface area contributed by atoms with Crippen molar-refractivity contribution in [3.63, 3.8) is 0 Å². The van der Waals surface area contributed by atoms with Crippen LogP contribution in [0.3, 0.4) is 0 Å². The first-order valence-corrected chi connectivity index (χ1v) is 6.60. The number of carboxylic acid groups (broad SMARTS) is 1. The summed E-state index contributed by atoms with van der Waals surface area (Å²) in [5.74, 6) is -1.52. The molecular weight excluding hydrogens is 240 g/mol. The molecule has 94 valence electrons. The normalized spacial score (nSPS) is 30.6. The van der Waals surface area contributed by atoms with Crippen molar-refractivity contribution in [1.29, 1.82) is 0 Å². The summed E-state index contributed by atoms with van der Waals surface area (Å²) in [5, 5.41) is 9.46. The maximum absolute atomic E-state index is 11.4. The molecule has 0 radical (unpaired) electrons. The second-order valence-electron chi connectivity index (χ2n) is 5.01. The summed E-state index contributed by atoms with van der Waals surface area (Å²) in [4.78, 5) is 21.8. The molecule has 2 aliphatic heterocycles. The minimum atomic E-state index is -1.15. The Morgan fingerprint density at radius 1 is 1.47 bits per heavy atom. The highest BCUT2D eigenvalue weighted by molar-refractivity contribution is 8.01. The lowest BCUT2D eigenvalue weighted by Crippen LogP contribution is -2.40. The Labute approximate surface area is 104 Å². The number of aliphatic carboxylic acids is 1. The van der Waals surface area contributed by atoms with Crippen molar-refractivity contribution in [1.82, 2.24) is 0 Å². The van der Waals surface area contributed by atoms with E-state index in [1.165, 1.54) is 0 Å². The molecule has 17 heavy (non-hydrogen) atoms. The van der Waals surface area contributed by atoms with Gasteiger partial charge in [0, 0.05) is 16.4 Å². The van der Waals surface area contributed by atoms with Crippen molar-refractivity contribution in [2.24, 2.45) is 5.92 Å². The summed E-state index contributed by atoms with van der Waals surface area (Å²) >= 11 is 1.89. The van der Waals surface area contributed by atoms with Gasteiger partial charge in [-0.3, -0.25) is 9.59 Å². The van der Waals surface area contributed by atoms with E-state index in [0.717, 1.165) is 6.42 Å². The largest absolute Gasteiger partial charge is 0.481 e. The van der Waals surface area contributed by atoms with Crippen LogP contribution in [-0.4, -0.2) is 33.1 Å². The van der Waals surface area contributed by atoms with Crippen molar-refractivity contribution in [3.8, 4) is 0 Å². The molecule has 1 fully saturated rings. The lowest BCUT2D eigenvalue weighted by atomic mass is 9.81. The van der Waals surface area contributed by atoms with E-state index >= 15 is 0 Å². The summed E-state index contributed by atoms with van der Waals surface area (Å²) in [6, 6.07) is 0. The number of hydrogen-bond acceptors (Lipinski definition) is 4. The second kappa shape index (κ2) is 4.37. The zero-order chi connectivity index (χ0) is 12.6. The van der Waals surface area contributed by atoms with Gasteiger partial charge < -0.3 is 9.84 Å². The van der Waals surface area contributed by atoms with Gasteiger partial charge in [-0.2, -0.15) is 0 Å². The van der Waals surface area contributed by atoms with Crippen molar-refractivity contribution in [2.45, 2.75) is 42.8 Å². The molecule has 0 aliphatic carbocycles. The molecule has 1 N–H and O–H groups in total. The summed E-state index contributed by atoms with van der Waals surface area (Å²) in [5.41, 5.74) is -0.594. The number of carbonyl (C=O) groups excluding carboxylic acids is 1. The molecule has 2 aliphatic rings. The van der Waals surface area contributed by atoms with E-state index in [1.807, 2.05) is 25.6 Å². The third kappa shape index (κ3) is 2.65. The van der Waals surface area contributed by atoms with Gasteiger partial charge in [0.15, 0.2) is 0 Å². The molecule has 0 aromatic rings. The maximum Gasteiger partial charge on any atom is 0.317 e. The smallest absolute Gasteiger partial charge is 0.317 e. The Morgan fingerprint density at radius 2 is 2.18 bits per heavy atom. The first kappa shape index (κ1) is 12.5. The number of hydrogen-bond donors (Lipinski definition) is 1. The van der Waals surface area contributed by atoms with E-state index in [0.29, 0.717) is 10.5 Å². The Kier molecular flexibility index (Phi) is 3.21. The third-order valence-electron chi connectivity index (χ3n) is 3.30. The van der Waals surface area contributed by atoms with Gasteiger partial charge in [-0.05, 0) is 20.3 Å². The first-order valence-electron chi connectivity index (χ1n) is 5.66. The average Bonchev–Trinajstić information content (AvgIpc) is 2.75. The second-order valence-corrected chi connectivity index (χ2v) is 6.44. The SMILES string of the molecule is CC(C)(OC(=O)CC(=O)O)C1CC2C=CC1S2. The summed E-state index contributed by atoms with van der Waals surface area (Å²) in [7, 11) is 0. The molecule has 2 rings (SSSR count). The molecule has 3 unspecified atom stereocenters. The van der Waals surface area contributed by atoms with Crippen LogP contribution < -0.4 is 0 Å². The number of fused-ring (bicyclic) bond motifs is 2.